The molecule has 1 unspecified atom stereocenters. The number of aliphatic hydroxyl groups is 1. The predicted molar refractivity (Wildman–Crippen MR) is 191 cm³/mol. The summed E-state index contributed by atoms with van der Waals surface area (Å²) in [6.45, 7) is 15.0. The summed E-state index contributed by atoms with van der Waals surface area (Å²) >= 11 is 1.97. The lowest BCUT2D eigenvalue weighted by Crippen LogP contribution is -2.47. The number of hydrogen-bond donors (Lipinski definition) is 4. The van der Waals surface area contributed by atoms with Crippen LogP contribution in [0.25, 0.3) is 0 Å². The van der Waals surface area contributed by atoms with Gasteiger partial charge in [-0.1, -0.05) is 39.8 Å². The molecule has 0 saturated carbocycles. The van der Waals surface area contributed by atoms with Crippen LogP contribution in [-0.2, 0) is 9.53 Å². The van der Waals surface area contributed by atoms with Crippen LogP contribution in [0.4, 0.5) is 0 Å². The lowest BCUT2D eigenvalue weighted by atomic mass is 9.80. The molecule has 1 saturated heterocycles. The van der Waals surface area contributed by atoms with Gasteiger partial charge in [0, 0.05) is 69.4 Å². The number of para-hydroxylation sites is 1. The molecule has 0 aliphatic carbocycles. The van der Waals surface area contributed by atoms with Crippen molar-refractivity contribution in [2.75, 3.05) is 58.0 Å². The summed E-state index contributed by atoms with van der Waals surface area (Å²) in [5.41, 5.74) is 7.06. The third-order valence-electron chi connectivity index (χ3n) is 8.50. The highest BCUT2D eigenvalue weighted by molar-refractivity contribution is 7.99. The van der Waals surface area contributed by atoms with E-state index >= 15 is 0 Å². The van der Waals surface area contributed by atoms with Gasteiger partial charge >= 0.3 is 0 Å². The molecule has 2 rings (SSSR count). The standard InChI is InChI=1S/C33H58N4O5S.2ClH/c1-23(2)27(25(5)36-33(40)26-11-7-8-12-31(26)42-18-10-9-17-41-6)21-29(34)30(38)22-28(24(3)4)32(39)35-13-14-37-15-19-43-20-16-37;;/h7-8,11-12,23-25,27-30,38H,9-10,13-22,34H2,1-6H3,(H,35,39)(H,36,40);2*1H/t25?,27-,28-,29-,30-;;/m0../s1. The molecule has 9 nitrogen and oxygen atoms in total. The number of hydrogen-bond acceptors (Lipinski definition) is 8. The van der Waals surface area contributed by atoms with E-state index in [2.05, 4.69) is 29.4 Å². The molecule has 1 heterocycles. The van der Waals surface area contributed by atoms with Crippen molar-refractivity contribution in [3.8, 4) is 5.75 Å². The van der Waals surface area contributed by atoms with Gasteiger partial charge in [-0.15, -0.1) is 24.8 Å². The number of aliphatic hydroxyl groups excluding tert-OH is 1. The second-order valence-electron chi connectivity index (χ2n) is 12.5. The van der Waals surface area contributed by atoms with Gasteiger partial charge in [0.15, 0.2) is 0 Å². The summed E-state index contributed by atoms with van der Waals surface area (Å²) in [7, 11) is 1.68. The number of benzene rings is 1. The summed E-state index contributed by atoms with van der Waals surface area (Å²) in [5, 5.41) is 17.4. The maximum Gasteiger partial charge on any atom is 0.255 e. The number of carbonyl (C=O) groups is 2. The van der Waals surface area contributed by atoms with E-state index in [1.54, 1.807) is 13.2 Å². The number of rotatable bonds is 20. The monoisotopic (exact) mass is 694 g/mol. The molecule has 0 spiro atoms. The summed E-state index contributed by atoms with van der Waals surface area (Å²) < 4.78 is 11.0. The molecular weight excluding hydrogens is 635 g/mol. The summed E-state index contributed by atoms with van der Waals surface area (Å²) in [5.74, 6) is 2.64. The Balaban J connectivity index is 0.00000968. The molecule has 5 atom stereocenters. The third kappa shape index (κ3) is 15.9. The van der Waals surface area contributed by atoms with Crippen LogP contribution in [0.5, 0.6) is 5.75 Å². The van der Waals surface area contributed by atoms with E-state index in [4.69, 9.17) is 15.2 Å². The zero-order valence-electron chi connectivity index (χ0n) is 28.2. The van der Waals surface area contributed by atoms with Crippen LogP contribution in [0.2, 0.25) is 0 Å². The summed E-state index contributed by atoms with van der Waals surface area (Å²) in [4.78, 5) is 28.8. The Morgan fingerprint density at radius 1 is 1.00 bits per heavy atom. The van der Waals surface area contributed by atoms with E-state index < -0.39 is 12.1 Å². The van der Waals surface area contributed by atoms with Gasteiger partial charge in [-0.25, -0.2) is 0 Å². The van der Waals surface area contributed by atoms with Gasteiger partial charge in [0.05, 0.1) is 18.3 Å². The van der Waals surface area contributed by atoms with Crippen molar-refractivity contribution < 1.29 is 24.2 Å². The van der Waals surface area contributed by atoms with Gasteiger partial charge in [-0.3, -0.25) is 14.5 Å². The maximum atomic E-state index is 13.3. The number of unbranched alkanes of at least 4 members (excludes halogenated alkanes) is 1. The van der Waals surface area contributed by atoms with Gasteiger partial charge in [0.2, 0.25) is 5.91 Å². The first-order valence-corrected chi connectivity index (χ1v) is 17.2. The Bertz CT molecular complexity index is 955. The van der Waals surface area contributed by atoms with Crippen LogP contribution in [0, 0.1) is 23.7 Å². The first kappa shape index (κ1) is 43.7. The fourth-order valence-electron chi connectivity index (χ4n) is 5.64. The second-order valence-corrected chi connectivity index (χ2v) is 13.7. The Morgan fingerprint density at radius 3 is 2.27 bits per heavy atom. The normalized spacial score (nSPS) is 16.9. The number of nitrogens with one attached hydrogen (secondary N) is 2. The van der Waals surface area contributed by atoms with Crippen molar-refractivity contribution in [1.29, 1.82) is 0 Å². The van der Waals surface area contributed by atoms with Crippen LogP contribution in [0.3, 0.4) is 0 Å². The number of ether oxygens (including phenoxy) is 2. The van der Waals surface area contributed by atoms with Crippen molar-refractivity contribution in [2.24, 2.45) is 29.4 Å². The van der Waals surface area contributed by atoms with Crippen molar-refractivity contribution in [1.82, 2.24) is 15.5 Å². The largest absolute Gasteiger partial charge is 0.493 e. The molecule has 2 amide bonds. The third-order valence-corrected chi connectivity index (χ3v) is 9.44. The summed E-state index contributed by atoms with van der Waals surface area (Å²) in [6, 6.07) is 6.58. The van der Waals surface area contributed by atoms with Gasteiger partial charge < -0.3 is 30.9 Å². The van der Waals surface area contributed by atoms with E-state index in [1.165, 1.54) is 0 Å². The smallest absolute Gasteiger partial charge is 0.255 e. The minimum absolute atomic E-state index is 0. The molecule has 5 N–H and O–H groups in total. The lowest BCUT2D eigenvalue weighted by molar-refractivity contribution is -0.127. The average molecular weight is 696 g/mol. The molecular formula is C33H60Cl2N4O5S. The Hall–Kier alpha value is -1.27. The van der Waals surface area contributed by atoms with E-state index in [9.17, 15) is 14.7 Å². The minimum atomic E-state index is -0.825. The highest BCUT2D eigenvalue weighted by atomic mass is 35.5. The van der Waals surface area contributed by atoms with Crippen molar-refractivity contribution in [3.63, 3.8) is 0 Å². The van der Waals surface area contributed by atoms with Crippen LogP contribution in [0.1, 0.15) is 70.7 Å². The SMILES string of the molecule is COCCCCOc1ccccc1C(=O)NC(C)[C@@H](C[C@H](N)[C@@H](O)C[C@H](C(=O)NCCN1CCSCC1)C(C)C)C(C)C.Cl.Cl. The average Bonchev–Trinajstić information content (AvgIpc) is 2.98. The van der Waals surface area contributed by atoms with Gasteiger partial charge in [-0.05, 0) is 62.5 Å². The number of methoxy groups -OCH3 is 1. The molecule has 262 valence electrons. The molecule has 1 aromatic carbocycles. The van der Waals surface area contributed by atoms with Gasteiger partial charge in [-0.2, -0.15) is 11.8 Å². The number of carbonyl (C=O) groups excluding carboxylic acids is 2. The first-order chi connectivity index (χ1) is 20.5. The number of thioether (sulfide) groups is 1. The predicted octanol–water partition coefficient (Wildman–Crippen LogP) is 4.63. The van der Waals surface area contributed by atoms with Crippen LogP contribution in [0.15, 0.2) is 24.3 Å². The Morgan fingerprint density at radius 2 is 1.64 bits per heavy atom. The van der Waals surface area contributed by atoms with Crippen molar-refractivity contribution in [2.45, 2.75) is 78.5 Å². The van der Waals surface area contributed by atoms with Gasteiger partial charge in [0.25, 0.3) is 5.91 Å². The lowest BCUT2D eigenvalue weighted by Gasteiger charge is -2.33. The van der Waals surface area contributed by atoms with Crippen LogP contribution >= 0.6 is 36.6 Å². The first-order valence-electron chi connectivity index (χ1n) is 16.1. The van der Waals surface area contributed by atoms with Crippen molar-refractivity contribution >= 4 is 48.4 Å². The van der Waals surface area contributed by atoms with E-state index in [1.807, 2.05) is 50.7 Å². The Kier molecular flexibility index (Phi) is 23.3. The highest BCUT2D eigenvalue weighted by Gasteiger charge is 2.32. The Labute approximate surface area is 288 Å². The fraction of sp³-hybridized carbons (Fsp3) is 0.758. The minimum Gasteiger partial charge on any atom is -0.493 e. The molecule has 1 aliphatic rings. The second kappa shape index (κ2) is 24.0. The molecule has 1 fully saturated rings. The van der Waals surface area contributed by atoms with Crippen LogP contribution in [-0.4, -0.2) is 98.0 Å². The van der Waals surface area contributed by atoms with Crippen LogP contribution < -0.4 is 21.1 Å². The zero-order valence-corrected chi connectivity index (χ0v) is 30.6. The van der Waals surface area contributed by atoms with E-state index in [0.29, 0.717) is 43.9 Å². The summed E-state index contributed by atoms with van der Waals surface area (Å²) in [6.07, 6.45) is 1.74. The molecule has 45 heavy (non-hydrogen) atoms. The maximum absolute atomic E-state index is 13.3. The molecule has 0 radical (unpaired) electrons. The molecule has 1 aliphatic heterocycles. The number of nitrogens with zero attached hydrogens (tertiary/aromatic N) is 1. The molecule has 0 bridgehead atoms. The number of amides is 2. The van der Waals surface area contributed by atoms with E-state index in [-0.39, 0.29) is 66.3 Å². The molecule has 1 aromatic rings. The topological polar surface area (TPSA) is 126 Å². The highest BCUT2D eigenvalue weighted by Crippen LogP contribution is 2.26. The molecule has 0 aromatic heterocycles. The zero-order chi connectivity index (χ0) is 31.8. The number of halogens is 2. The quantitative estimate of drug-likeness (QED) is 0.146. The molecule has 12 heteroatoms. The fourth-order valence-corrected chi connectivity index (χ4v) is 6.62. The number of nitrogens with two attached hydrogens (primary N) is 1. The van der Waals surface area contributed by atoms with Crippen molar-refractivity contribution in [3.05, 3.63) is 29.8 Å². The van der Waals surface area contributed by atoms with Gasteiger partial charge in [0.1, 0.15) is 5.75 Å². The van der Waals surface area contributed by atoms with E-state index in [0.717, 1.165) is 44.0 Å².